The Balaban J connectivity index is 2.50. The highest BCUT2D eigenvalue weighted by atomic mass is 79.9. The van der Waals surface area contributed by atoms with Crippen LogP contribution in [-0.4, -0.2) is 19.7 Å². The molecule has 2 aromatic rings. The zero-order chi connectivity index (χ0) is 8.55. The first kappa shape index (κ1) is 7.88. The van der Waals surface area contributed by atoms with Crippen LogP contribution in [0.25, 0.3) is 10.8 Å². The van der Waals surface area contributed by atoms with Gasteiger partial charge in [-0.05, 0) is 15.9 Å². The summed E-state index contributed by atoms with van der Waals surface area (Å²) in [7, 11) is 1.93. The van der Waals surface area contributed by atoms with E-state index in [0.29, 0.717) is 0 Å². The molecule has 2 heterocycles. The SMILES string of the molecule is Cn1ccnc1-c1nnc(Br)s1. The zero-order valence-corrected chi connectivity index (χ0v) is 8.63. The summed E-state index contributed by atoms with van der Waals surface area (Å²) in [6.07, 6.45) is 3.62. The number of aryl methyl sites for hydroxylation is 1. The van der Waals surface area contributed by atoms with Crippen LogP contribution in [0.15, 0.2) is 16.3 Å². The van der Waals surface area contributed by atoms with E-state index in [1.54, 1.807) is 6.20 Å². The Labute approximate surface area is 81.4 Å². The summed E-state index contributed by atoms with van der Waals surface area (Å²) in [4.78, 5) is 4.15. The van der Waals surface area contributed by atoms with E-state index < -0.39 is 0 Å². The number of hydrogen-bond donors (Lipinski definition) is 0. The first-order chi connectivity index (χ1) is 5.77. The van der Waals surface area contributed by atoms with E-state index in [9.17, 15) is 0 Å². The van der Waals surface area contributed by atoms with Crippen LogP contribution in [0, 0.1) is 0 Å². The monoisotopic (exact) mass is 244 g/mol. The molecule has 0 saturated carbocycles. The van der Waals surface area contributed by atoms with Gasteiger partial charge in [-0.3, -0.25) is 0 Å². The van der Waals surface area contributed by atoms with Crippen molar-refractivity contribution in [2.45, 2.75) is 0 Å². The van der Waals surface area contributed by atoms with Crippen LogP contribution in [0.5, 0.6) is 0 Å². The van der Waals surface area contributed by atoms with Crippen molar-refractivity contribution < 1.29 is 0 Å². The molecule has 2 aromatic heterocycles. The van der Waals surface area contributed by atoms with Gasteiger partial charge in [0.1, 0.15) is 0 Å². The van der Waals surface area contributed by atoms with Crippen LogP contribution in [0.1, 0.15) is 0 Å². The van der Waals surface area contributed by atoms with Gasteiger partial charge in [0.15, 0.2) is 14.7 Å². The normalized spacial score (nSPS) is 10.5. The minimum atomic E-state index is 0.778. The molecule has 0 aromatic carbocycles. The van der Waals surface area contributed by atoms with Crippen molar-refractivity contribution in [3.05, 3.63) is 16.3 Å². The van der Waals surface area contributed by atoms with E-state index in [4.69, 9.17) is 0 Å². The molecule has 4 nitrogen and oxygen atoms in total. The fourth-order valence-electron chi connectivity index (χ4n) is 0.867. The lowest BCUT2D eigenvalue weighted by atomic mass is 10.6. The molecule has 0 aliphatic carbocycles. The molecule has 0 saturated heterocycles. The van der Waals surface area contributed by atoms with Crippen molar-refractivity contribution in [2.24, 2.45) is 7.05 Å². The number of imidazole rings is 1. The van der Waals surface area contributed by atoms with Gasteiger partial charge in [-0.15, -0.1) is 10.2 Å². The molecular weight excluding hydrogens is 240 g/mol. The van der Waals surface area contributed by atoms with E-state index >= 15 is 0 Å². The molecule has 12 heavy (non-hydrogen) atoms. The molecule has 0 aliphatic rings. The summed E-state index contributed by atoms with van der Waals surface area (Å²) < 4.78 is 2.69. The molecule has 0 spiro atoms. The highest BCUT2D eigenvalue weighted by molar-refractivity contribution is 9.11. The Bertz CT molecular complexity index is 394. The van der Waals surface area contributed by atoms with Crippen molar-refractivity contribution in [1.29, 1.82) is 0 Å². The van der Waals surface area contributed by atoms with Gasteiger partial charge >= 0.3 is 0 Å². The fraction of sp³-hybridized carbons (Fsp3) is 0.167. The fourth-order valence-corrected chi connectivity index (χ4v) is 2.02. The molecule has 0 fully saturated rings. The molecule has 0 bridgehead atoms. The van der Waals surface area contributed by atoms with Crippen molar-refractivity contribution >= 4 is 27.3 Å². The molecule has 0 radical (unpaired) electrons. The summed E-state index contributed by atoms with van der Waals surface area (Å²) in [5.74, 6) is 0.846. The number of hydrogen-bond acceptors (Lipinski definition) is 4. The van der Waals surface area contributed by atoms with Crippen LogP contribution in [-0.2, 0) is 7.05 Å². The first-order valence-corrected chi connectivity index (χ1v) is 4.85. The summed E-state index contributed by atoms with van der Waals surface area (Å²) >= 11 is 4.72. The lowest BCUT2D eigenvalue weighted by Crippen LogP contribution is -1.89. The number of aromatic nitrogens is 4. The summed E-state index contributed by atoms with van der Waals surface area (Å²) in [6, 6.07) is 0. The summed E-state index contributed by atoms with van der Waals surface area (Å²) in [5, 5.41) is 8.63. The third-order valence-corrected chi connectivity index (χ3v) is 2.76. The van der Waals surface area contributed by atoms with Crippen LogP contribution in [0.2, 0.25) is 0 Å². The van der Waals surface area contributed by atoms with Crippen LogP contribution < -0.4 is 0 Å². The smallest absolute Gasteiger partial charge is 0.184 e. The zero-order valence-electron chi connectivity index (χ0n) is 6.23. The second-order valence-electron chi connectivity index (χ2n) is 2.22. The molecule has 2 rings (SSSR count). The molecule has 0 amide bonds. The van der Waals surface area contributed by atoms with E-state index in [0.717, 1.165) is 14.7 Å². The number of halogens is 1. The van der Waals surface area contributed by atoms with Crippen LogP contribution in [0.3, 0.4) is 0 Å². The van der Waals surface area contributed by atoms with Gasteiger partial charge in [0.05, 0.1) is 0 Å². The lowest BCUT2D eigenvalue weighted by Gasteiger charge is -1.93. The molecule has 0 atom stereocenters. The van der Waals surface area contributed by atoms with Crippen LogP contribution >= 0.6 is 27.3 Å². The maximum Gasteiger partial charge on any atom is 0.184 e. The van der Waals surface area contributed by atoms with Crippen molar-refractivity contribution in [3.8, 4) is 10.8 Å². The maximum absolute atomic E-state index is 4.15. The van der Waals surface area contributed by atoms with Gasteiger partial charge in [0.2, 0.25) is 0 Å². The van der Waals surface area contributed by atoms with Gasteiger partial charge < -0.3 is 4.57 Å². The Morgan fingerprint density at radius 3 is 2.83 bits per heavy atom. The van der Waals surface area contributed by atoms with Crippen molar-refractivity contribution in [3.63, 3.8) is 0 Å². The van der Waals surface area contributed by atoms with E-state index in [2.05, 4.69) is 31.1 Å². The van der Waals surface area contributed by atoms with Gasteiger partial charge in [0.25, 0.3) is 0 Å². The largest absolute Gasteiger partial charge is 0.332 e. The topological polar surface area (TPSA) is 43.6 Å². The van der Waals surface area contributed by atoms with E-state index in [-0.39, 0.29) is 0 Å². The minimum Gasteiger partial charge on any atom is -0.332 e. The lowest BCUT2D eigenvalue weighted by molar-refractivity contribution is 0.915. The molecular formula is C6H5BrN4S. The Morgan fingerprint density at radius 2 is 2.33 bits per heavy atom. The third kappa shape index (κ3) is 1.27. The van der Waals surface area contributed by atoms with Crippen molar-refractivity contribution in [1.82, 2.24) is 19.7 Å². The predicted octanol–water partition coefficient (Wildman–Crippen LogP) is 1.70. The average Bonchev–Trinajstić information content (AvgIpc) is 2.58. The highest BCUT2D eigenvalue weighted by Gasteiger charge is 2.08. The summed E-state index contributed by atoms with van der Waals surface area (Å²) in [6.45, 7) is 0. The predicted molar refractivity (Wildman–Crippen MR) is 49.8 cm³/mol. The molecule has 0 aliphatic heterocycles. The second kappa shape index (κ2) is 2.95. The molecule has 6 heteroatoms. The average molecular weight is 245 g/mol. The van der Waals surface area contributed by atoms with Gasteiger partial charge in [-0.25, -0.2) is 4.98 Å². The van der Waals surface area contributed by atoms with Gasteiger partial charge in [0, 0.05) is 19.4 Å². The molecule has 62 valence electrons. The second-order valence-corrected chi connectivity index (χ2v) is 4.48. The summed E-state index contributed by atoms with van der Waals surface area (Å²) in [5.41, 5.74) is 0. The standard InChI is InChI=1S/C6H5BrN4S/c1-11-3-2-8-4(11)5-9-10-6(7)12-5/h2-3H,1H3. The van der Waals surface area contributed by atoms with E-state index in [1.165, 1.54) is 11.3 Å². The third-order valence-electron chi connectivity index (χ3n) is 1.41. The molecule has 0 N–H and O–H groups in total. The first-order valence-electron chi connectivity index (χ1n) is 3.24. The Morgan fingerprint density at radius 1 is 1.50 bits per heavy atom. The Hall–Kier alpha value is -0.750. The quantitative estimate of drug-likeness (QED) is 0.768. The number of rotatable bonds is 1. The Kier molecular flexibility index (Phi) is 1.93. The van der Waals surface area contributed by atoms with Gasteiger partial charge in [-0.2, -0.15) is 0 Å². The highest BCUT2D eigenvalue weighted by Crippen LogP contribution is 2.24. The van der Waals surface area contributed by atoms with Gasteiger partial charge in [-0.1, -0.05) is 11.3 Å². The number of nitrogens with zero attached hydrogens (tertiary/aromatic N) is 4. The maximum atomic E-state index is 4.15. The van der Waals surface area contributed by atoms with Crippen molar-refractivity contribution in [2.75, 3.05) is 0 Å². The van der Waals surface area contributed by atoms with E-state index in [1.807, 2.05) is 17.8 Å². The molecule has 0 unspecified atom stereocenters. The van der Waals surface area contributed by atoms with Crippen LogP contribution in [0.4, 0.5) is 0 Å². The minimum absolute atomic E-state index is 0.778.